The normalized spacial score (nSPS) is 12.9. The van der Waals surface area contributed by atoms with Crippen LogP contribution in [0.15, 0.2) is 48.6 Å². The molecule has 0 unspecified atom stereocenters. The van der Waals surface area contributed by atoms with E-state index >= 15 is 0 Å². The van der Waals surface area contributed by atoms with Gasteiger partial charge in [0.1, 0.15) is 5.75 Å². The lowest BCUT2D eigenvalue weighted by Crippen LogP contribution is -2.45. The molecule has 0 amide bonds. The lowest BCUT2D eigenvalue weighted by Gasteiger charge is -2.19. The SMILES string of the molecule is Cc1ccc(/C=C/C(=O)O[C@@H](C(=O)O)[C@@H](OC(=O)/C=C/c2ccc(O)c(O)c2)C(=O)O)cc1O. The molecule has 5 N–H and O–H groups in total. The van der Waals surface area contributed by atoms with Crippen LogP contribution in [0.25, 0.3) is 12.2 Å². The zero-order chi connectivity index (χ0) is 25.4. The van der Waals surface area contributed by atoms with Crippen molar-refractivity contribution < 1.29 is 54.2 Å². The van der Waals surface area contributed by atoms with Gasteiger partial charge in [-0.1, -0.05) is 18.2 Å². The first kappa shape index (κ1) is 25.5. The predicted molar refractivity (Wildman–Crippen MR) is 116 cm³/mol. The quantitative estimate of drug-likeness (QED) is 0.203. The standard InChI is InChI=1S/C23H20O11/c1-12-2-3-13(10-16(12)25)5-8-18(27)33-20(22(29)30)21(23(31)32)34-19(28)9-6-14-4-7-15(24)17(26)11-14/h2-11,20-21,24-26H,1H3,(H,29,30)(H,31,32)/b8-5+,9-6+/t20-,21-/m1/s1. The number of carbonyl (C=O) groups excluding carboxylic acids is 2. The molecule has 0 aliphatic rings. The second kappa shape index (κ2) is 11.2. The number of ether oxygens (including phenoxy) is 2. The van der Waals surface area contributed by atoms with E-state index < -0.39 is 47.6 Å². The van der Waals surface area contributed by atoms with Crippen LogP contribution in [0.5, 0.6) is 17.2 Å². The van der Waals surface area contributed by atoms with Gasteiger partial charge in [-0.25, -0.2) is 19.2 Å². The molecule has 0 saturated carbocycles. The molecule has 34 heavy (non-hydrogen) atoms. The second-order valence-electron chi connectivity index (χ2n) is 6.85. The number of aliphatic carboxylic acids is 2. The van der Waals surface area contributed by atoms with Crippen LogP contribution >= 0.6 is 0 Å². The highest BCUT2D eigenvalue weighted by Gasteiger charge is 2.40. The zero-order valence-electron chi connectivity index (χ0n) is 17.6. The lowest BCUT2D eigenvalue weighted by atomic mass is 10.1. The van der Waals surface area contributed by atoms with E-state index in [9.17, 15) is 44.7 Å². The highest BCUT2D eigenvalue weighted by atomic mass is 16.6. The summed E-state index contributed by atoms with van der Waals surface area (Å²) in [6, 6.07) is 8.07. The van der Waals surface area contributed by atoms with Crippen LogP contribution in [-0.2, 0) is 28.7 Å². The Hall–Kier alpha value is -4.80. The van der Waals surface area contributed by atoms with Gasteiger partial charge in [0.05, 0.1) is 0 Å². The van der Waals surface area contributed by atoms with Crippen LogP contribution in [0.2, 0.25) is 0 Å². The van der Waals surface area contributed by atoms with Crippen molar-refractivity contribution in [3.05, 3.63) is 65.2 Å². The molecule has 0 spiro atoms. The maximum atomic E-state index is 12.0. The molecule has 2 aromatic rings. The number of benzene rings is 2. The molecular formula is C23H20O11. The number of hydrogen-bond acceptors (Lipinski definition) is 9. The van der Waals surface area contributed by atoms with Crippen molar-refractivity contribution in [3.8, 4) is 17.2 Å². The second-order valence-corrected chi connectivity index (χ2v) is 6.85. The van der Waals surface area contributed by atoms with Crippen LogP contribution < -0.4 is 0 Å². The lowest BCUT2D eigenvalue weighted by molar-refractivity contribution is -0.183. The molecule has 0 aromatic heterocycles. The van der Waals surface area contributed by atoms with Crippen LogP contribution in [0.3, 0.4) is 0 Å². The minimum Gasteiger partial charge on any atom is -0.508 e. The van der Waals surface area contributed by atoms with E-state index in [0.29, 0.717) is 11.1 Å². The zero-order valence-corrected chi connectivity index (χ0v) is 17.6. The summed E-state index contributed by atoms with van der Waals surface area (Å²) in [6.45, 7) is 1.66. The Morgan fingerprint density at radius 3 is 1.56 bits per heavy atom. The van der Waals surface area contributed by atoms with Crippen molar-refractivity contribution in [2.75, 3.05) is 0 Å². The molecule has 2 rings (SSSR count). The molecule has 0 saturated heterocycles. The molecular weight excluding hydrogens is 452 g/mol. The third-order valence-electron chi connectivity index (χ3n) is 4.30. The van der Waals surface area contributed by atoms with Crippen molar-refractivity contribution in [2.24, 2.45) is 0 Å². The van der Waals surface area contributed by atoms with E-state index in [4.69, 9.17) is 0 Å². The van der Waals surface area contributed by atoms with E-state index in [1.165, 1.54) is 18.2 Å². The largest absolute Gasteiger partial charge is 0.508 e. The van der Waals surface area contributed by atoms with Gasteiger partial charge in [0.15, 0.2) is 11.5 Å². The van der Waals surface area contributed by atoms with E-state index in [2.05, 4.69) is 9.47 Å². The molecule has 11 nitrogen and oxygen atoms in total. The summed E-state index contributed by atoms with van der Waals surface area (Å²) in [7, 11) is 0. The first-order valence-corrected chi connectivity index (χ1v) is 9.52. The number of rotatable bonds is 9. The third-order valence-corrected chi connectivity index (χ3v) is 4.30. The van der Waals surface area contributed by atoms with Crippen molar-refractivity contribution in [1.82, 2.24) is 0 Å². The molecule has 0 fully saturated rings. The summed E-state index contributed by atoms with van der Waals surface area (Å²) in [4.78, 5) is 47.1. The Labute approximate surface area is 192 Å². The van der Waals surface area contributed by atoms with Gasteiger partial charge in [0, 0.05) is 12.2 Å². The topological polar surface area (TPSA) is 188 Å². The molecule has 2 aromatic carbocycles. The van der Waals surface area contributed by atoms with Crippen LogP contribution in [-0.4, -0.2) is 61.6 Å². The number of phenols is 3. The Balaban J connectivity index is 2.11. The number of aromatic hydroxyl groups is 3. The third kappa shape index (κ3) is 7.12. The fraction of sp³-hybridized carbons (Fsp3) is 0.130. The number of carbonyl (C=O) groups is 4. The molecule has 0 aliphatic carbocycles. The van der Waals surface area contributed by atoms with Gasteiger partial charge in [-0.15, -0.1) is 0 Å². The molecule has 0 radical (unpaired) electrons. The van der Waals surface area contributed by atoms with Crippen molar-refractivity contribution in [1.29, 1.82) is 0 Å². The van der Waals surface area contributed by atoms with Gasteiger partial charge in [0.2, 0.25) is 12.2 Å². The number of carboxylic acids is 2. The smallest absolute Gasteiger partial charge is 0.349 e. The average molecular weight is 472 g/mol. The number of aryl methyl sites for hydroxylation is 1. The average Bonchev–Trinajstić information content (AvgIpc) is 2.77. The predicted octanol–water partition coefficient (Wildman–Crippen LogP) is 1.83. The molecule has 0 heterocycles. The summed E-state index contributed by atoms with van der Waals surface area (Å²) in [5.74, 6) is -7.15. The Morgan fingerprint density at radius 1 is 0.706 bits per heavy atom. The monoisotopic (exact) mass is 472 g/mol. The van der Waals surface area contributed by atoms with Gasteiger partial charge in [-0.3, -0.25) is 0 Å². The van der Waals surface area contributed by atoms with Gasteiger partial charge in [0.25, 0.3) is 0 Å². The number of esters is 2. The van der Waals surface area contributed by atoms with Crippen molar-refractivity contribution >= 4 is 36.0 Å². The minimum absolute atomic E-state index is 0.0349. The van der Waals surface area contributed by atoms with E-state index in [1.54, 1.807) is 19.1 Å². The molecule has 0 aliphatic heterocycles. The van der Waals surface area contributed by atoms with Crippen LogP contribution in [0.1, 0.15) is 16.7 Å². The maximum absolute atomic E-state index is 12.0. The minimum atomic E-state index is -2.37. The van der Waals surface area contributed by atoms with Crippen molar-refractivity contribution in [3.63, 3.8) is 0 Å². The number of carboxylic acid groups (broad SMARTS) is 2. The molecule has 2 atom stereocenters. The van der Waals surface area contributed by atoms with Gasteiger partial charge in [-0.05, 0) is 54.0 Å². The molecule has 0 bridgehead atoms. The maximum Gasteiger partial charge on any atom is 0.349 e. The van der Waals surface area contributed by atoms with Gasteiger partial charge >= 0.3 is 23.9 Å². The first-order valence-electron chi connectivity index (χ1n) is 9.52. The summed E-state index contributed by atoms with van der Waals surface area (Å²) < 4.78 is 9.32. The van der Waals surface area contributed by atoms with E-state index in [1.807, 2.05) is 0 Å². The summed E-state index contributed by atoms with van der Waals surface area (Å²) in [5.41, 5.74) is 1.22. The Kier molecular flexibility index (Phi) is 8.37. The Bertz CT molecular complexity index is 1070. The fourth-order valence-corrected chi connectivity index (χ4v) is 2.52. The van der Waals surface area contributed by atoms with Crippen LogP contribution in [0, 0.1) is 6.92 Å². The number of phenolic OH excluding ortho intramolecular Hbond substituents is 3. The summed E-state index contributed by atoms with van der Waals surface area (Å²) in [5, 5.41) is 47.0. The summed E-state index contributed by atoms with van der Waals surface area (Å²) in [6.07, 6.45) is -0.843. The van der Waals surface area contributed by atoms with Crippen molar-refractivity contribution in [2.45, 2.75) is 19.1 Å². The van der Waals surface area contributed by atoms with Crippen LogP contribution in [0.4, 0.5) is 0 Å². The summed E-state index contributed by atoms with van der Waals surface area (Å²) >= 11 is 0. The highest BCUT2D eigenvalue weighted by Crippen LogP contribution is 2.25. The first-order chi connectivity index (χ1) is 16.0. The van der Waals surface area contributed by atoms with Gasteiger partial charge < -0.3 is 35.0 Å². The highest BCUT2D eigenvalue weighted by molar-refractivity contribution is 5.93. The molecule has 178 valence electrons. The Morgan fingerprint density at radius 2 is 1.15 bits per heavy atom. The molecule has 11 heteroatoms. The van der Waals surface area contributed by atoms with Gasteiger partial charge in [-0.2, -0.15) is 0 Å². The van der Waals surface area contributed by atoms with E-state index in [-0.39, 0.29) is 11.3 Å². The fourth-order valence-electron chi connectivity index (χ4n) is 2.52. The van der Waals surface area contributed by atoms with E-state index in [0.717, 1.165) is 30.4 Å². The number of hydrogen-bond donors (Lipinski definition) is 5.